The van der Waals surface area contributed by atoms with Crippen molar-refractivity contribution in [2.24, 2.45) is 0 Å². The number of nitrogens with zero attached hydrogens (tertiary/aromatic N) is 3. The zero-order valence-corrected chi connectivity index (χ0v) is 12.1. The average molecular weight is 327 g/mol. The fourth-order valence-electron chi connectivity index (χ4n) is 2.10. The Morgan fingerprint density at radius 2 is 2.12 bits per heavy atom. The molecule has 24 heavy (non-hydrogen) atoms. The number of aromatic amines is 1. The normalized spacial score (nSPS) is 10.5. The highest BCUT2D eigenvalue weighted by atomic mass is 19.1. The minimum absolute atomic E-state index is 0.0414. The molecule has 3 N–H and O–H groups in total. The number of carbonyl (C=O) groups excluding carboxylic acids is 1. The van der Waals surface area contributed by atoms with Gasteiger partial charge in [-0.25, -0.2) is 18.7 Å². The van der Waals surface area contributed by atoms with Crippen molar-refractivity contribution in [1.29, 1.82) is 0 Å². The summed E-state index contributed by atoms with van der Waals surface area (Å²) in [5.74, 6) is -2.02. The Labute approximate surface area is 134 Å². The minimum atomic E-state index is -0.887. The van der Waals surface area contributed by atoms with Crippen LogP contribution in [0.5, 0.6) is 5.75 Å². The van der Waals surface area contributed by atoms with Gasteiger partial charge in [0.15, 0.2) is 11.3 Å². The van der Waals surface area contributed by atoms with Gasteiger partial charge in [-0.15, -0.1) is 0 Å². The van der Waals surface area contributed by atoms with Crippen molar-refractivity contribution in [3.8, 4) is 5.75 Å². The quantitative estimate of drug-likeness (QED) is 0.632. The summed E-state index contributed by atoms with van der Waals surface area (Å²) in [5.41, 5.74) is -0.751. The predicted octanol–water partition coefficient (Wildman–Crippen LogP) is 1.35. The van der Waals surface area contributed by atoms with Gasteiger partial charge in [-0.3, -0.25) is 9.59 Å². The van der Waals surface area contributed by atoms with Gasteiger partial charge in [0.1, 0.15) is 5.82 Å². The summed E-state index contributed by atoms with van der Waals surface area (Å²) in [6.45, 7) is 7.07. The van der Waals surface area contributed by atoms with Gasteiger partial charge in [0, 0.05) is 12.7 Å². The number of hydrogen-bond acceptors (Lipinski definition) is 4. The fourth-order valence-corrected chi connectivity index (χ4v) is 2.10. The van der Waals surface area contributed by atoms with E-state index in [1.807, 2.05) is 0 Å². The van der Waals surface area contributed by atoms with Crippen LogP contribution in [-0.4, -0.2) is 25.6 Å². The third-order valence-corrected chi connectivity index (χ3v) is 3.32. The second-order valence-corrected chi connectivity index (χ2v) is 4.85. The molecule has 0 radical (unpaired) electrons. The first kappa shape index (κ1) is 15.2. The maximum Gasteiger partial charge on any atom is 0.314 e. The summed E-state index contributed by atoms with van der Waals surface area (Å²) < 4.78 is 13.7. The molecule has 0 spiro atoms. The highest BCUT2D eigenvalue weighted by molar-refractivity contribution is 5.95. The lowest BCUT2D eigenvalue weighted by atomic mass is 10.2. The first-order chi connectivity index (χ1) is 11.5. The summed E-state index contributed by atoms with van der Waals surface area (Å²) in [6.07, 6.45) is 1.25. The van der Waals surface area contributed by atoms with Crippen LogP contribution < -0.4 is 10.9 Å². The van der Waals surface area contributed by atoms with E-state index in [-0.39, 0.29) is 17.9 Å². The molecule has 0 saturated carbocycles. The van der Waals surface area contributed by atoms with Gasteiger partial charge in [0.2, 0.25) is 11.4 Å². The summed E-state index contributed by atoms with van der Waals surface area (Å²) in [7, 11) is 0. The van der Waals surface area contributed by atoms with Gasteiger partial charge in [-0.2, -0.15) is 0 Å². The number of nitrogens with one attached hydrogen (secondary N) is 2. The molecule has 0 fully saturated rings. The van der Waals surface area contributed by atoms with Crippen molar-refractivity contribution in [3.05, 3.63) is 69.3 Å². The molecule has 9 heteroatoms. The zero-order chi connectivity index (χ0) is 17.3. The summed E-state index contributed by atoms with van der Waals surface area (Å²) in [4.78, 5) is 31.3. The molecular formula is C15H10FN5O3. The second kappa shape index (κ2) is 5.85. The topological polar surface area (TPSA) is 104 Å². The lowest BCUT2D eigenvalue weighted by Crippen LogP contribution is -2.27. The Morgan fingerprint density at radius 3 is 2.79 bits per heavy atom. The van der Waals surface area contributed by atoms with E-state index < -0.39 is 28.7 Å². The average Bonchev–Trinajstić information content (AvgIpc) is 3.00. The molecule has 2 heterocycles. The SMILES string of the molecule is [C-]#[N+]c1c[nH]n2c(=O)c(O)c(C(=O)NCc3ccc(F)cc3)nc12. The number of benzene rings is 1. The summed E-state index contributed by atoms with van der Waals surface area (Å²) in [5, 5.41) is 14.8. The van der Waals surface area contributed by atoms with Crippen LogP contribution in [0.2, 0.25) is 0 Å². The van der Waals surface area contributed by atoms with E-state index in [4.69, 9.17) is 6.57 Å². The molecule has 3 rings (SSSR count). The van der Waals surface area contributed by atoms with Crippen LogP contribution in [0.1, 0.15) is 16.1 Å². The van der Waals surface area contributed by atoms with Crippen LogP contribution in [0.25, 0.3) is 10.5 Å². The van der Waals surface area contributed by atoms with Crippen LogP contribution in [-0.2, 0) is 6.54 Å². The number of amides is 1. The van der Waals surface area contributed by atoms with Crippen LogP contribution >= 0.6 is 0 Å². The van der Waals surface area contributed by atoms with Gasteiger partial charge in [-0.05, 0) is 17.7 Å². The van der Waals surface area contributed by atoms with Gasteiger partial charge in [-0.1, -0.05) is 12.1 Å². The van der Waals surface area contributed by atoms with Crippen LogP contribution in [0, 0.1) is 12.4 Å². The molecule has 2 aromatic heterocycles. The van der Waals surface area contributed by atoms with Gasteiger partial charge < -0.3 is 15.5 Å². The Hall–Kier alpha value is -3.67. The first-order valence-corrected chi connectivity index (χ1v) is 6.74. The standard InChI is InChI=1S/C15H10FN5O3/c1-17-10-7-19-21-13(10)20-11(12(22)15(21)24)14(23)18-6-8-2-4-9(16)5-3-8/h2-5,7,19,22H,6H2,(H,18,23). The number of aromatic hydroxyl groups is 1. The molecule has 0 aliphatic carbocycles. The molecule has 0 aliphatic rings. The molecule has 3 aromatic rings. The van der Waals surface area contributed by atoms with E-state index in [1.54, 1.807) is 0 Å². The zero-order valence-electron chi connectivity index (χ0n) is 12.1. The maximum absolute atomic E-state index is 12.8. The lowest BCUT2D eigenvalue weighted by molar-refractivity contribution is 0.0942. The van der Waals surface area contributed by atoms with Gasteiger partial charge in [0.05, 0.1) is 6.57 Å². The van der Waals surface area contributed by atoms with Crippen LogP contribution in [0.4, 0.5) is 10.1 Å². The molecule has 8 nitrogen and oxygen atoms in total. The van der Waals surface area contributed by atoms with Crippen LogP contribution in [0.3, 0.4) is 0 Å². The highest BCUT2D eigenvalue weighted by Crippen LogP contribution is 2.19. The van der Waals surface area contributed by atoms with Gasteiger partial charge >= 0.3 is 5.56 Å². The number of hydrogen-bond donors (Lipinski definition) is 3. The number of rotatable bonds is 3. The van der Waals surface area contributed by atoms with E-state index in [2.05, 4.69) is 20.2 Å². The number of fused-ring (bicyclic) bond motifs is 1. The largest absolute Gasteiger partial charge is 0.501 e. The third-order valence-electron chi connectivity index (χ3n) is 3.32. The molecule has 0 saturated heterocycles. The smallest absolute Gasteiger partial charge is 0.314 e. The number of H-pyrrole nitrogens is 1. The van der Waals surface area contributed by atoms with E-state index in [0.29, 0.717) is 5.56 Å². The molecule has 0 aliphatic heterocycles. The summed E-state index contributed by atoms with van der Waals surface area (Å²) >= 11 is 0. The third kappa shape index (κ3) is 2.56. The fraction of sp³-hybridized carbons (Fsp3) is 0.0667. The molecule has 1 aromatic carbocycles. The van der Waals surface area contributed by atoms with E-state index in [0.717, 1.165) is 4.52 Å². The molecule has 0 unspecified atom stereocenters. The van der Waals surface area contributed by atoms with Crippen molar-refractivity contribution in [2.45, 2.75) is 6.54 Å². The second-order valence-electron chi connectivity index (χ2n) is 4.85. The number of carbonyl (C=O) groups is 1. The minimum Gasteiger partial charge on any atom is -0.501 e. The van der Waals surface area contributed by atoms with E-state index >= 15 is 0 Å². The van der Waals surface area contributed by atoms with Crippen molar-refractivity contribution >= 4 is 17.2 Å². The van der Waals surface area contributed by atoms with Gasteiger partial charge in [0.25, 0.3) is 5.91 Å². The van der Waals surface area contributed by atoms with Crippen molar-refractivity contribution in [3.63, 3.8) is 0 Å². The van der Waals surface area contributed by atoms with E-state index in [1.165, 1.54) is 30.5 Å². The Balaban J connectivity index is 1.92. The molecule has 120 valence electrons. The first-order valence-electron chi connectivity index (χ1n) is 6.74. The highest BCUT2D eigenvalue weighted by Gasteiger charge is 2.20. The summed E-state index contributed by atoms with van der Waals surface area (Å²) in [6, 6.07) is 5.48. The van der Waals surface area contributed by atoms with E-state index in [9.17, 15) is 19.1 Å². The van der Waals surface area contributed by atoms with Crippen molar-refractivity contribution in [1.82, 2.24) is 19.9 Å². The van der Waals surface area contributed by atoms with Crippen molar-refractivity contribution < 1.29 is 14.3 Å². The molecule has 1 amide bonds. The molecule has 0 bridgehead atoms. The monoisotopic (exact) mass is 327 g/mol. The number of aromatic nitrogens is 3. The Bertz CT molecular complexity index is 1030. The molecular weight excluding hydrogens is 317 g/mol. The Morgan fingerprint density at radius 1 is 1.42 bits per heavy atom. The lowest BCUT2D eigenvalue weighted by Gasteiger charge is -2.07. The van der Waals surface area contributed by atoms with Crippen molar-refractivity contribution in [2.75, 3.05) is 0 Å². The molecule has 0 atom stereocenters. The number of halogens is 1. The maximum atomic E-state index is 12.8. The van der Waals surface area contributed by atoms with Crippen LogP contribution in [0.15, 0.2) is 35.3 Å². The Kier molecular flexibility index (Phi) is 3.71. The predicted molar refractivity (Wildman–Crippen MR) is 81.3 cm³/mol.